The summed E-state index contributed by atoms with van der Waals surface area (Å²) in [5.41, 5.74) is 1.41. The smallest absolute Gasteiger partial charge is 0.130 e. The average Bonchev–Trinajstić information content (AvgIpc) is 3.10. The number of hydrogen-bond donors (Lipinski definition) is 0. The van der Waals surface area contributed by atoms with Gasteiger partial charge >= 0.3 is 0 Å². The SMILES string of the molecule is CC(C)(C#N)c1ccc(C2(C=O)CC2)cc1. The van der Waals surface area contributed by atoms with Crippen molar-refractivity contribution in [3.63, 3.8) is 0 Å². The molecule has 2 heteroatoms. The molecule has 1 aliphatic rings. The average molecular weight is 213 g/mol. The van der Waals surface area contributed by atoms with Gasteiger partial charge in [-0.3, -0.25) is 0 Å². The molecule has 0 bridgehead atoms. The fourth-order valence-corrected chi connectivity index (χ4v) is 1.89. The minimum Gasteiger partial charge on any atom is -0.302 e. The fraction of sp³-hybridized carbons (Fsp3) is 0.429. The first kappa shape index (κ1) is 10.9. The maximum absolute atomic E-state index is 11.0. The Morgan fingerprint density at radius 2 is 1.88 bits per heavy atom. The monoisotopic (exact) mass is 213 g/mol. The number of carbonyl (C=O) groups is 1. The number of benzene rings is 1. The zero-order valence-electron chi connectivity index (χ0n) is 9.66. The Labute approximate surface area is 95.9 Å². The van der Waals surface area contributed by atoms with Crippen LogP contribution in [0, 0.1) is 11.3 Å². The molecule has 1 fully saturated rings. The molecule has 0 heterocycles. The molecule has 1 aromatic rings. The van der Waals surface area contributed by atoms with Crippen molar-refractivity contribution in [2.24, 2.45) is 0 Å². The van der Waals surface area contributed by atoms with E-state index in [-0.39, 0.29) is 5.41 Å². The third-order valence-corrected chi connectivity index (χ3v) is 3.48. The van der Waals surface area contributed by atoms with Crippen molar-refractivity contribution in [3.05, 3.63) is 35.4 Å². The Hall–Kier alpha value is -1.62. The second-order valence-electron chi connectivity index (χ2n) is 5.09. The van der Waals surface area contributed by atoms with Crippen molar-refractivity contribution >= 4 is 6.29 Å². The molecule has 1 aliphatic carbocycles. The number of rotatable bonds is 3. The standard InChI is InChI=1S/C14H15NO/c1-13(2,9-15)11-3-5-12(6-4-11)14(10-16)7-8-14/h3-6,10H,7-8H2,1-2H3. The molecule has 0 atom stereocenters. The van der Waals surface area contributed by atoms with E-state index in [4.69, 9.17) is 5.26 Å². The third kappa shape index (κ3) is 1.63. The van der Waals surface area contributed by atoms with E-state index >= 15 is 0 Å². The molecule has 2 rings (SSSR count). The Morgan fingerprint density at radius 3 is 2.25 bits per heavy atom. The van der Waals surface area contributed by atoms with Crippen LogP contribution in [0.25, 0.3) is 0 Å². The summed E-state index contributed by atoms with van der Waals surface area (Å²) in [4.78, 5) is 11.0. The summed E-state index contributed by atoms with van der Waals surface area (Å²) >= 11 is 0. The molecule has 1 saturated carbocycles. The third-order valence-electron chi connectivity index (χ3n) is 3.48. The van der Waals surface area contributed by atoms with Crippen molar-refractivity contribution in [1.82, 2.24) is 0 Å². The van der Waals surface area contributed by atoms with E-state index in [2.05, 4.69) is 6.07 Å². The molecule has 0 spiro atoms. The van der Waals surface area contributed by atoms with Gasteiger partial charge in [-0.25, -0.2) is 0 Å². The Bertz CT molecular complexity index is 447. The van der Waals surface area contributed by atoms with Crippen LogP contribution in [0.3, 0.4) is 0 Å². The Morgan fingerprint density at radius 1 is 1.31 bits per heavy atom. The molecule has 0 unspecified atom stereocenters. The first-order valence-corrected chi connectivity index (χ1v) is 5.53. The lowest BCUT2D eigenvalue weighted by Gasteiger charge is -2.17. The van der Waals surface area contributed by atoms with Gasteiger partial charge in [0.15, 0.2) is 0 Å². The number of aldehydes is 1. The van der Waals surface area contributed by atoms with Crippen LogP contribution in [0.1, 0.15) is 37.8 Å². The maximum atomic E-state index is 11.0. The van der Waals surface area contributed by atoms with Gasteiger partial charge in [-0.1, -0.05) is 24.3 Å². The molecule has 1 aromatic carbocycles. The van der Waals surface area contributed by atoms with Gasteiger partial charge in [-0.2, -0.15) is 5.26 Å². The van der Waals surface area contributed by atoms with Gasteiger partial charge in [0.05, 0.1) is 16.9 Å². The van der Waals surface area contributed by atoms with E-state index in [1.807, 2.05) is 38.1 Å². The van der Waals surface area contributed by atoms with E-state index in [9.17, 15) is 4.79 Å². The number of hydrogen-bond acceptors (Lipinski definition) is 2. The zero-order valence-corrected chi connectivity index (χ0v) is 9.66. The van der Waals surface area contributed by atoms with E-state index in [0.717, 1.165) is 30.3 Å². The van der Waals surface area contributed by atoms with Gasteiger partial charge in [0, 0.05) is 0 Å². The fourth-order valence-electron chi connectivity index (χ4n) is 1.89. The quantitative estimate of drug-likeness (QED) is 0.724. The highest BCUT2D eigenvalue weighted by atomic mass is 16.1. The van der Waals surface area contributed by atoms with Crippen LogP contribution >= 0.6 is 0 Å². The van der Waals surface area contributed by atoms with Gasteiger partial charge in [0.25, 0.3) is 0 Å². The first-order chi connectivity index (χ1) is 7.54. The molecule has 0 N–H and O–H groups in total. The van der Waals surface area contributed by atoms with E-state index < -0.39 is 5.41 Å². The van der Waals surface area contributed by atoms with E-state index in [0.29, 0.717) is 0 Å². The number of nitrogens with zero attached hydrogens (tertiary/aromatic N) is 1. The van der Waals surface area contributed by atoms with E-state index in [1.165, 1.54) is 0 Å². The summed E-state index contributed by atoms with van der Waals surface area (Å²) in [6, 6.07) is 10.2. The normalized spacial score (nSPS) is 17.6. The van der Waals surface area contributed by atoms with Crippen LogP contribution in [0.4, 0.5) is 0 Å². The second kappa shape index (κ2) is 3.45. The number of nitriles is 1. The van der Waals surface area contributed by atoms with Crippen molar-refractivity contribution in [1.29, 1.82) is 5.26 Å². The van der Waals surface area contributed by atoms with Crippen molar-refractivity contribution in [2.75, 3.05) is 0 Å². The topological polar surface area (TPSA) is 40.9 Å². The van der Waals surface area contributed by atoms with Crippen molar-refractivity contribution in [3.8, 4) is 6.07 Å². The van der Waals surface area contributed by atoms with Crippen LogP contribution in [0.15, 0.2) is 24.3 Å². The lowest BCUT2D eigenvalue weighted by molar-refractivity contribution is -0.109. The predicted molar refractivity (Wildman–Crippen MR) is 62.1 cm³/mol. The van der Waals surface area contributed by atoms with Crippen LogP contribution in [0.5, 0.6) is 0 Å². The zero-order chi connectivity index (χ0) is 11.8. The lowest BCUT2D eigenvalue weighted by Crippen LogP contribution is -2.14. The van der Waals surface area contributed by atoms with Crippen LogP contribution in [-0.2, 0) is 15.6 Å². The Kier molecular flexibility index (Phi) is 2.35. The summed E-state index contributed by atoms with van der Waals surface area (Å²) in [6.45, 7) is 3.79. The highest BCUT2D eigenvalue weighted by molar-refractivity contribution is 5.73. The predicted octanol–water partition coefficient (Wildman–Crippen LogP) is 2.72. The molecule has 0 saturated heterocycles. The minimum absolute atomic E-state index is 0.213. The highest BCUT2D eigenvalue weighted by Crippen LogP contribution is 2.46. The van der Waals surface area contributed by atoms with E-state index in [1.54, 1.807) is 0 Å². The number of carbonyl (C=O) groups excluding carboxylic acids is 1. The summed E-state index contributed by atoms with van der Waals surface area (Å²) in [5, 5.41) is 9.03. The summed E-state index contributed by atoms with van der Waals surface area (Å²) in [5.74, 6) is 0. The maximum Gasteiger partial charge on any atom is 0.130 e. The van der Waals surface area contributed by atoms with Crippen LogP contribution < -0.4 is 0 Å². The van der Waals surface area contributed by atoms with Crippen LogP contribution in [0.2, 0.25) is 0 Å². The van der Waals surface area contributed by atoms with Gasteiger partial charge in [-0.05, 0) is 37.8 Å². The summed E-state index contributed by atoms with van der Waals surface area (Å²) < 4.78 is 0. The molecule has 2 nitrogen and oxygen atoms in total. The molecule has 0 aliphatic heterocycles. The summed E-state index contributed by atoms with van der Waals surface area (Å²) in [6.07, 6.45) is 2.96. The van der Waals surface area contributed by atoms with Gasteiger partial charge in [-0.15, -0.1) is 0 Å². The highest BCUT2D eigenvalue weighted by Gasteiger charge is 2.44. The molecular formula is C14H15NO. The molecule has 0 amide bonds. The largest absolute Gasteiger partial charge is 0.302 e. The van der Waals surface area contributed by atoms with Crippen LogP contribution in [-0.4, -0.2) is 6.29 Å². The molecule has 0 aromatic heterocycles. The summed E-state index contributed by atoms with van der Waals surface area (Å²) in [7, 11) is 0. The minimum atomic E-state index is -0.462. The molecule has 0 radical (unpaired) electrons. The second-order valence-corrected chi connectivity index (χ2v) is 5.09. The van der Waals surface area contributed by atoms with Crippen molar-refractivity contribution < 1.29 is 4.79 Å². The molecular weight excluding hydrogens is 198 g/mol. The molecule has 16 heavy (non-hydrogen) atoms. The van der Waals surface area contributed by atoms with Crippen molar-refractivity contribution in [2.45, 2.75) is 37.5 Å². The van der Waals surface area contributed by atoms with Gasteiger partial charge in [0.1, 0.15) is 6.29 Å². The van der Waals surface area contributed by atoms with Gasteiger partial charge < -0.3 is 4.79 Å². The lowest BCUT2D eigenvalue weighted by atomic mass is 9.84. The first-order valence-electron chi connectivity index (χ1n) is 5.53. The molecule has 82 valence electrons. The Balaban J connectivity index is 2.31. The van der Waals surface area contributed by atoms with Gasteiger partial charge in [0.2, 0.25) is 0 Å².